The molecule has 5 fully saturated rings. The van der Waals surface area contributed by atoms with E-state index in [1.807, 2.05) is 0 Å². The van der Waals surface area contributed by atoms with E-state index in [1.165, 1.54) is 51.7 Å². The molecule has 0 radical (unpaired) electrons. The second-order valence-corrected chi connectivity index (χ2v) is 10.3. The summed E-state index contributed by atoms with van der Waals surface area (Å²) in [6.07, 6.45) is 13.7. The molecular formula is C20H34N2. The van der Waals surface area contributed by atoms with Gasteiger partial charge in [-0.15, -0.1) is 0 Å². The van der Waals surface area contributed by atoms with E-state index in [1.54, 1.807) is 25.7 Å². The average molecular weight is 303 g/mol. The maximum atomic E-state index is 2.79. The summed E-state index contributed by atoms with van der Waals surface area (Å²) in [5.74, 6) is 2.05. The average Bonchev–Trinajstić information content (AvgIpc) is 2.25. The smallest absolute Gasteiger partial charge is 0.0108 e. The molecule has 5 aliphatic rings. The van der Waals surface area contributed by atoms with Crippen LogP contribution < -0.4 is 0 Å². The maximum absolute atomic E-state index is 2.79. The zero-order chi connectivity index (χ0) is 14.9. The Bertz CT molecular complexity index is 427. The number of likely N-dealkylation sites (tertiary alicyclic amines) is 1. The predicted molar refractivity (Wildman–Crippen MR) is 90.9 cm³/mol. The molecular weight excluding hydrogens is 268 g/mol. The highest BCUT2D eigenvalue weighted by atomic mass is 15.3. The van der Waals surface area contributed by atoms with Crippen molar-refractivity contribution in [3.63, 3.8) is 0 Å². The molecule has 2 nitrogen and oxygen atoms in total. The summed E-state index contributed by atoms with van der Waals surface area (Å²) in [6, 6.07) is 1.84. The van der Waals surface area contributed by atoms with Crippen molar-refractivity contribution >= 4 is 0 Å². The number of rotatable bonds is 4. The molecule has 2 spiro atoms. The summed E-state index contributed by atoms with van der Waals surface area (Å²) in [4.78, 5) is 5.53. The van der Waals surface area contributed by atoms with E-state index in [0.29, 0.717) is 0 Å². The molecule has 124 valence electrons. The van der Waals surface area contributed by atoms with Crippen LogP contribution in [0, 0.1) is 22.7 Å². The van der Waals surface area contributed by atoms with E-state index in [-0.39, 0.29) is 0 Å². The molecule has 4 saturated carbocycles. The fraction of sp³-hybridized carbons (Fsp3) is 1.00. The molecule has 0 bridgehead atoms. The van der Waals surface area contributed by atoms with Crippen LogP contribution in [0.1, 0.15) is 64.7 Å². The van der Waals surface area contributed by atoms with Gasteiger partial charge in [0.1, 0.15) is 0 Å². The minimum absolute atomic E-state index is 0.756. The van der Waals surface area contributed by atoms with Crippen molar-refractivity contribution in [2.24, 2.45) is 22.7 Å². The molecule has 1 saturated heterocycles. The van der Waals surface area contributed by atoms with Gasteiger partial charge in [-0.1, -0.05) is 13.3 Å². The normalized spacial score (nSPS) is 42.4. The molecule has 4 aliphatic carbocycles. The van der Waals surface area contributed by atoms with E-state index >= 15 is 0 Å². The van der Waals surface area contributed by atoms with Crippen molar-refractivity contribution in [1.29, 1.82) is 0 Å². The van der Waals surface area contributed by atoms with Crippen molar-refractivity contribution in [3.8, 4) is 0 Å². The molecule has 2 heteroatoms. The summed E-state index contributed by atoms with van der Waals surface area (Å²) >= 11 is 0. The summed E-state index contributed by atoms with van der Waals surface area (Å²) in [5, 5.41) is 0. The van der Waals surface area contributed by atoms with Gasteiger partial charge >= 0.3 is 0 Å². The molecule has 22 heavy (non-hydrogen) atoms. The molecule has 0 aromatic carbocycles. The molecule has 0 aromatic rings. The molecule has 5 rings (SSSR count). The van der Waals surface area contributed by atoms with Crippen LogP contribution in [-0.4, -0.2) is 48.6 Å². The second kappa shape index (κ2) is 4.72. The lowest BCUT2D eigenvalue weighted by molar-refractivity contribution is -0.136. The molecule has 1 aliphatic heterocycles. The van der Waals surface area contributed by atoms with E-state index in [9.17, 15) is 0 Å². The van der Waals surface area contributed by atoms with Gasteiger partial charge in [-0.3, -0.25) is 0 Å². The number of hydrogen-bond donors (Lipinski definition) is 0. The standard InChI is InChI=1S/C20H34N2/c1-15-6-17(7-15)21(2)18-10-20(11-18)13-22(14-20)12-16-8-19(9-16)4-3-5-19/h15-18H,3-14H2,1-2H3/t15-,17-. The van der Waals surface area contributed by atoms with Gasteiger partial charge in [-0.2, -0.15) is 0 Å². The first-order valence-corrected chi connectivity index (χ1v) is 9.99. The van der Waals surface area contributed by atoms with Crippen LogP contribution in [0.15, 0.2) is 0 Å². The first kappa shape index (κ1) is 14.3. The zero-order valence-electron chi connectivity index (χ0n) is 14.7. The lowest BCUT2D eigenvalue weighted by Crippen LogP contribution is -2.68. The van der Waals surface area contributed by atoms with E-state index in [4.69, 9.17) is 0 Å². The Morgan fingerprint density at radius 1 is 0.955 bits per heavy atom. The Morgan fingerprint density at radius 3 is 2.18 bits per heavy atom. The predicted octanol–water partition coefficient (Wildman–Crippen LogP) is 3.76. The van der Waals surface area contributed by atoms with Crippen LogP contribution in [0.4, 0.5) is 0 Å². The molecule has 0 N–H and O–H groups in total. The molecule has 0 unspecified atom stereocenters. The highest BCUT2D eigenvalue weighted by molar-refractivity contribution is 5.09. The van der Waals surface area contributed by atoms with Crippen molar-refractivity contribution in [1.82, 2.24) is 9.80 Å². The first-order chi connectivity index (χ1) is 10.5. The topological polar surface area (TPSA) is 6.48 Å². The van der Waals surface area contributed by atoms with Crippen molar-refractivity contribution in [2.75, 3.05) is 26.7 Å². The van der Waals surface area contributed by atoms with Gasteiger partial charge in [0.05, 0.1) is 0 Å². The zero-order valence-corrected chi connectivity index (χ0v) is 14.7. The van der Waals surface area contributed by atoms with Gasteiger partial charge in [-0.05, 0) is 81.1 Å². The summed E-state index contributed by atoms with van der Waals surface area (Å²) in [7, 11) is 2.40. The summed E-state index contributed by atoms with van der Waals surface area (Å²) < 4.78 is 0. The Labute approximate surface area is 136 Å². The Hall–Kier alpha value is -0.0800. The Kier molecular flexibility index (Phi) is 3.07. The minimum atomic E-state index is 0.756. The van der Waals surface area contributed by atoms with Gasteiger partial charge in [-0.25, -0.2) is 0 Å². The van der Waals surface area contributed by atoms with Gasteiger partial charge in [0.15, 0.2) is 0 Å². The molecule has 0 aromatic heterocycles. The third-order valence-electron chi connectivity index (χ3n) is 8.33. The van der Waals surface area contributed by atoms with Crippen molar-refractivity contribution in [2.45, 2.75) is 76.8 Å². The van der Waals surface area contributed by atoms with E-state index < -0.39 is 0 Å². The van der Waals surface area contributed by atoms with Crippen LogP contribution in [0.25, 0.3) is 0 Å². The highest BCUT2D eigenvalue weighted by Gasteiger charge is 2.55. The van der Waals surface area contributed by atoms with Crippen LogP contribution in [0.5, 0.6) is 0 Å². The maximum Gasteiger partial charge on any atom is 0.0108 e. The van der Waals surface area contributed by atoms with E-state index in [0.717, 1.165) is 34.7 Å². The van der Waals surface area contributed by atoms with E-state index in [2.05, 4.69) is 23.8 Å². The quantitative estimate of drug-likeness (QED) is 0.780. The van der Waals surface area contributed by atoms with Crippen molar-refractivity contribution < 1.29 is 0 Å². The summed E-state index contributed by atoms with van der Waals surface area (Å²) in [5.41, 5.74) is 1.63. The third-order valence-corrected chi connectivity index (χ3v) is 8.33. The lowest BCUT2D eigenvalue weighted by Gasteiger charge is -2.64. The summed E-state index contributed by atoms with van der Waals surface area (Å²) in [6.45, 7) is 6.71. The van der Waals surface area contributed by atoms with Gasteiger partial charge in [0, 0.05) is 31.7 Å². The monoisotopic (exact) mass is 302 g/mol. The fourth-order valence-corrected chi connectivity index (χ4v) is 6.75. The van der Waals surface area contributed by atoms with Crippen LogP contribution in [-0.2, 0) is 0 Å². The Morgan fingerprint density at radius 2 is 1.64 bits per heavy atom. The highest BCUT2D eigenvalue weighted by Crippen LogP contribution is 2.59. The van der Waals surface area contributed by atoms with Gasteiger partial charge in [0.2, 0.25) is 0 Å². The fourth-order valence-electron chi connectivity index (χ4n) is 6.75. The first-order valence-electron chi connectivity index (χ1n) is 9.99. The number of nitrogens with zero attached hydrogens (tertiary/aromatic N) is 2. The van der Waals surface area contributed by atoms with Crippen LogP contribution >= 0.6 is 0 Å². The lowest BCUT2D eigenvalue weighted by atomic mass is 9.51. The minimum Gasteiger partial charge on any atom is -0.302 e. The molecule has 1 heterocycles. The molecule has 0 amide bonds. The molecule has 0 atom stereocenters. The SMILES string of the molecule is CN(C1CC2(C1)CN(CC1CC3(CCC3)C1)C2)[C@H]1C[C@H](C)C1. The number of hydrogen-bond acceptors (Lipinski definition) is 2. The van der Waals surface area contributed by atoms with Crippen LogP contribution in [0.2, 0.25) is 0 Å². The van der Waals surface area contributed by atoms with Crippen LogP contribution in [0.3, 0.4) is 0 Å². The largest absolute Gasteiger partial charge is 0.302 e. The van der Waals surface area contributed by atoms with Gasteiger partial charge < -0.3 is 9.80 Å². The van der Waals surface area contributed by atoms with Gasteiger partial charge in [0.25, 0.3) is 0 Å². The second-order valence-electron chi connectivity index (χ2n) is 10.3. The third kappa shape index (κ3) is 2.13. The Balaban J connectivity index is 1.02. The van der Waals surface area contributed by atoms with Crippen molar-refractivity contribution in [3.05, 3.63) is 0 Å².